The number of hydrogen-bond acceptors (Lipinski definition) is 6. The summed E-state index contributed by atoms with van der Waals surface area (Å²) in [4.78, 5) is 68.0. The molecule has 43 heavy (non-hydrogen) atoms. The lowest BCUT2D eigenvalue weighted by molar-refractivity contribution is -0.149. The zero-order valence-electron chi connectivity index (χ0n) is 24.1. The van der Waals surface area contributed by atoms with Crippen molar-refractivity contribution in [3.8, 4) is 0 Å². The summed E-state index contributed by atoms with van der Waals surface area (Å²) in [6, 6.07) is 7.29. The lowest BCUT2D eigenvalue weighted by atomic mass is 9.89. The molecule has 3 aliphatic heterocycles. The molecule has 0 bridgehead atoms. The molecule has 0 saturated carbocycles. The van der Waals surface area contributed by atoms with Gasteiger partial charge >= 0.3 is 7.60 Å². The molecule has 2 saturated heterocycles. The Hall–Kier alpha value is -3.37. The molecular weight excluding hydrogens is 587 g/mol. The van der Waals surface area contributed by atoms with Crippen LogP contribution in [-0.2, 0) is 20.3 Å². The maximum absolute atomic E-state index is 14.0. The Morgan fingerprint density at radius 1 is 1.14 bits per heavy atom. The Morgan fingerprint density at radius 3 is 2.67 bits per heavy atom. The second-order valence-electron chi connectivity index (χ2n) is 12.0. The van der Waals surface area contributed by atoms with Crippen molar-refractivity contribution in [3.63, 3.8) is 0 Å². The van der Waals surface area contributed by atoms with Crippen molar-refractivity contribution in [2.75, 3.05) is 13.1 Å². The van der Waals surface area contributed by atoms with Crippen molar-refractivity contribution in [1.29, 1.82) is 0 Å². The fraction of sp³-hybridized carbons (Fsp3) is 0.419. The first-order valence-electron chi connectivity index (χ1n) is 14.5. The van der Waals surface area contributed by atoms with E-state index in [1.54, 1.807) is 35.4 Å². The first-order chi connectivity index (χ1) is 20.5. The third-order valence-electron chi connectivity index (χ3n) is 8.81. The number of pyridine rings is 1. The fourth-order valence-electron chi connectivity index (χ4n) is 6.57. The van der Waals surface area contributed by atoms with E-state index < -0.39 is 25.6 Å². The number of rotatable bonds is 6. The van der Waals surface area contributed by atoms with Gasteiger partial charge in [0.1, 0.15) is 12.1 Å². The number of hydrogen-bond donors (Lipinski definition) is 3. The molecule has 6 rings (SSSR count). The second kappa shape index (κ2) is 11.6. The number of fused-ring (bicyclic) bond motifs is 2. The van der Waals surface area contributed by atoms with Gasteiger partial charge in [-0.3, -0.25) is 23.9 Å². The second-order valence-corrected chi connectivity index (χ2v) is 14.7. The van der Waals surface area contributed by atoms with E-state index in [2.05, 4.69) is 17.2 Å². The molecule has 1 aromatic carbocycles. The average Bonchev–Trinajstić information content (AvgIpc) is 3.53. The van der Waals surface area contributed by atoms with Crippen LogP contribution in [0.3, 0.4) is 0 Å². The molecule has 3 aliphatic rings. The number of aryl methyl sites for hydroxylation is 1. The van der Waals surface area contributed by atoms with Crippen molar-refractivity contribution in [3.05, 3.63) is 75.9 Å². The number of nitrogens with zero attached hydrogens (tertiary/aromatic N) is 3. The molecule has 2 fully saturated rings. The molecule has 12 heteroatoms. The summed E-state index contributed by atoms with van der Waals surface area (Å²) in [6.45, 7) is 5.29. The van der Waals surface area contributed by atoms with Crippen LogP contribution >= 0.6 is 18.9 Å². The van der Waals surface area contributed by atoms with Crippen LogP contribution < -0.4 is 5.32 Å². The Morgan fingerprint density at radius 2 is 1.93 bits per heavy atom. The normalized spacial score (nSPS) is 24.1. The smallest absolute Gasteiger partial charge is 0.329 e. The van der Waals surface area contributed by atoms with Crippen molar-refractivity contribution < 1.29 is 28.7 Å². The van der Waals surface area contributed by atoms with Gasteiger partial charge in [0, 0.05) is 42.1 Å². The first-order valence-corrected chi connectivity index (χ1v) is 17.1. The van der Waals surface area contributed by atoms with Gasteiger partial charge < -0.3 is 24.9 Å². The molecule has 3 amide bonds. The van der Waals surface area contributed by atoms with Gasteiger partial charge in [-0.15, -0.1) is 11.3 Å². The zero-order valence-corrected chi connectivity index (χ0v) is 25.8. The Bertz CT molecular complexity index is 1680. The van der Waals surface area contributed by atoms with E-state index in [4.69, 9.17) is 0 Å². The Kier molecular flexibility index (Phi) is 8.02. The Balaban J connectivity index is 1.17. The molecule has 3 N–H and O–H groups in total. The summed E-state index contributed by atoms with van der Waals surface area (Å²) in [5.41, 5.74) is 3.93. The lowest BCUT2D eigenvalue weighted by Crippen LogP contribution is -2.59. The highest BCUT2D eigenvalue weighted by Crippen LogP contribution is 2.40. The molecule has 226 valence electrons. The van der Waals surface area contributed by atoms with Crippen molar-refractivity contribution in [1.82, 2.24) is 20.1 Å². The molecule has 3 aromatic rings. The maximum Gasteiger partial charge on any atom is 0.329 e. The van der Waals surface area contributed by atoms with E-state index >= 15 is 0 Å². The van der Waals surface area contributed by atoms with Gasteiger partial charge in [0.2, 0.25) is 11.8 Å². The Labute approximate surface area is 253 Å². The highest BCUT2D eigenvalue weighted by Gasteiger charge is 2.47. The number of carbonyl (C=O) groups is 3. The van der Waals surface area contributed by atoms with Crippen LogP contribution in [0, 0.1) is 6.92 Å². The predicted molar refractivity (Wildman–Crippen MR) is 164 cm³/mol. The minimum Gasteiger partial charge on any atom is -0.340 e. The third-order valence-corrected chi connectivity index (χ3v) is 10.7. The largest absolute Gasteiger partial charge is 0.340 e. The molecule has 0 aliphatic carbocycles. The van der Waals surface area contributed by atoms with Gasteiger partial charge in [0.05, 0.1) is 11.0 Å². The van der Waals surface area contributed by atoms with Crippen LogP contribution in [0.1, 0.15) is 64.9 Å². The summed E-state index contributed by atoms with van der Waals surface area (Å²) >= 11 is 1.26. The van der Waals surface area contributed by atoms with E-state index in [1.165, 1.54) is 11.3 Å². The van der Waals surface area contributed by atoms with Gasteiger partial charge in [-0.2, -0.15) is 0 Å². The highest BCUT2D eigenvalue weighted by atomic mass is 32.1. The van der Waals surface area contributed by atoms with Gasteiger partial charge in [-0.1, -0.05) is 17.7 Å². The van der Waals surface area contributed by atoms with E-state index in [0.29, 0.717) is 48.2 Å². The predicted octanol–water partition coefficient (Wildman–Crippen LogP) is 4.11. The molecule has 0 unspecified atom stereocenters. The van der Waals surface area contributed by atoms with E-state index in [0.717, 1.165) is 27.8 Å². The van der Waals surface area contributed by atoms with Gasteiger partial charge in [-0.25, -0.2) is 0 Å². The molecular formula is C31H35N4O6PS. The molecule has 10 nitrogen and oxygen atoms in total. The molecule has 5 heterocycles. The van der Waals surface area contributed by atoms with Gasteiger partial charge in [-0.05, 0) is 85.9 Å². The topological polar surface area (TPSA) is 140 Å². The minimum absolute atomic E-state index is 0.0310. The lowest BCUT2D eigenvalue weighted by Gasteiger charge is -2.43. The number of nitrogens with one attached hydrogen (secondary N) is 1. The zero-order chi connectivity index (χ0) is 30.5. The van der Waals surface area contributed by atoms with Gasteiger partial charge in [0.15, 0.2) is 0 Å². The number of amides is 3. The summed E-state index contributed by atoms with van der Waals surface area (Å²) in [5.74, 6) is -0.414. The minimum atomic E-state index is -4.22. The average molecular weight is 623 g/mol. The molecule has 3 atom stereocenters. The van der Waals surface area contributed by atoms with Crippen LogP contribution in [0.4, 0.5) is 0 Å². The molecule has 0 radical (unpaired) electrons. The first kappa shape index (κ1) is 29.7. The van der Waals surface area contributed by atoms with Crippen molar-refractivity contribution in [2.24, 2.45) is 0 Å². The number of aromatic nitrogens is 1. The number of thiophene rings is 1. The van der Waals surface area contributed by atoms with E-state index in [1.807, 2.05) is 30.2 Å². The van der Waals surface area contributed by atoms with Crippen LogP contribution in [0.5, 0.6) is 0 Å². The van der Waals surface area contributed by atoms with Crippen LogP contribution in [0.25, 0.3) is 10.1 Å². The highest BCUT2D eigenvalue weighted by molar-refractivity contribution is 7.50. The standard InChI is InChI=1S/C31H35N4O6PS/c1-18-3-6-25(33-29(36)28-13-21-12-20(17-42(39,40)41)4-8-27(21)43-28)30(37)35-23(11-18)5-7-26(35)31(38)34-15-22(16-34)24-14-32-10-9-19(24)2/h3-4,8-10,12-14,22-23,25-26H,5-7,11,15-17H2,1-2H3,(H,33,36)(H2,39,40,41)/b18-3-/t23-,25+,26+/m1/s1. The summed E-state index contributed by atoms with van der Waals surface area (Å²) in [5, 5.41) is 3.64. The monoisotopic (exact) mass is 622 g/mol. The molecule has 2 aromatic heterocycles. The summed E-state index contributed by atoms with van der Waals surface area (Å²) < 4.78 is 12.2. The summed E-state index contributed by atoms with van der Waals surface area (Å²) in [6.07, 6.45) is 7.65. The number of benzene rings is 1. The number of carbonyl (C=O) groups excluding carboxylic acids is 3. The van der Waals surface area contributed by atoms with Crippen molar-refractivity contribution >= 4 is 46.7 Å². The SMILES string of the molecule is C/C1=C/C[C@H](NC(=O)c2cc3cc(CP(=O)(O)O)ccc3s2)C(=O)N2[C@H](CC[C@H]2C(=O)N2CC(c3cnccc3C)C2)C1. The van der Waals surface area contributed by atoms with Gasteiger partial charge in [0.25, 0.3) is 5.91 Å². The van der Waals surface area contributed by atoms with Crippen LogP contribution in [-0.4, -0.2) is 73.5 Å². The quantitative estimate of drug-likeness (QED) is 0.278. The maximum atomic E-state index is 14.0. The van der Waals surface area contributed by atoms with Crippen LogP contribution in [0.15, 0.2) is 54.4 Å². The van der Waals surface area contributed by atoms with E-state index in [9.17, 15) is 28.7 Å². The summed E-state index contributed by atoms with van der Waals surface area (Å²) in [7, 11) is -4.22. The third kappa shape index (κ3) is 6.17. The molecule has 0 spiro atoms. The van der Waals surface area contributed by atoms with E-state index in [-0.39, 0.29) is 29.9 Å². The fourth-order valence-corrected chi connectivity index (χ4v) is 8.19. The number of likely N-dealkylation sites (tertiary alicyclic amines) is 1. The van der Waals surface area contributed by atoms with Crippen molar-refractivity contribution in [2.45, 2.75) is 69.7 Å². The van der Waals surface area contributed by atoms with Crippen LogP contribution in [0.2, 0.25) is 0 Å².